The van der Waals surface area contributed by atoms with Gasteiger partial charge in [-0.2, -0.15) is 0 Å². The zero-order valence-electron chi connectivity index (χ0n) is 13.3. The van der Waals surface area contributed by atoms with Crippen LogP contribution in [0.2, 0.25) is 0 Å². The lowest BCUT2D eigenvalue weighted by molar-refractivity contribution is 0.0982. The van der Waals surface area contributed by atoms with Crippen molar-refractivity contribution in [1.29, 1.82) is 0 Å². The molecule has 5 heteroatoms. The summed E-state index contributed by atoms with van der Waals surface area (Å²) in [4.78, 5) is 19.4. The van der Waals surface area contributed by atoms with E-state index >= 15 is 0 Å². The maximum Gasteiger partial charge on any atom is 0.407 e. The van der Waals surface area contributed by atoms with E-state index in [1.54, 1.807) is 0 Å². The Bertz CT molecular complexity index is 678. The van der Waals surface area contributed by atoms with Crippen molar-refractivity contribution >= 4 is 17.1 Å². The summed E-state index contributed by atoms with van der Waals surface area (Å²) in [5, 5.41) is 3.95. The molecule has 1 saturated carbocycles. The summed E-state index contributed by atoms with van der Waals surface area (Å²) in [6.07, 6.45) is 6.46. The van der Waals surface area contributed by atoms with Crippen molar-refractivity contribution in [2.75, 3.05) is 0 Å². The van der Waals surface area contributed by atoms with Gasteiger partial charge in [-0.05, 0) is 63.1 Å². The molecule has 0 radical (unpaired) electrons. The first-order valence-electron chi connectivity index (χ1n) is 7.93. The van der Waals surface area contributed by atoms with Gasteiger partial charge in [0.25, 0.3) is 0 Å². The first kappa shape index (κ1) is 14.9. The molecule has 1 aliphatic carbocycles. The van der Waals surface area contributed by atoms with Gasteiger partial charge in [-0.3, -0.25) is 0 Å². The fourth-order valence-corrected chi connectivity index (χ4v) is 3.15. The van der Waals surface area contributed by atoms with Crippen LogP contribution in [-0.2, 0) is 4.74 Å². The zero-order chi connectivity index (χ0) is 15.7. The number of fused-ring (bicyclic) bond motifs is 1. The lowest BCUT2D eigenvalue weighted by Crippen LogP contribution is -2.33. The fourth-order valence-electron chi connectivity index (χ4n) is 3.15. The van der Waals surface area contributed by atoms with Crippen molar-refractivity contribution in [3.8, 4) is 0 Å². The minimum atomic E-state index is -0.310. The average Bonchev–Trinajstić information content (AvgIpc) is 3.05. The lowest BCUT2D eigenvalue weighted by atomic mass is 9.98. The first-order chi connectivity index (χ1) is 10.5. The van der Waals surface area contributed by atoms with Crippen LogP contribution in [0.15, 0.2) is 18.5 Å². The van der Waals surface area contributed by atoms with Crippen LogP contribution >= 0.6 is 0 Å². The molecule has 2 heterocycles. The van der Waals surface area contributed by atoms with Crippen molar-refractivity contribution in [3.05, 3.63) is 29.6 Å². The van der Waals surface area contributed by atoms with Gasteiger partial charge in [0.2, 0.25) is 0 Å². The van der Waals surface area contributed by atoms with Crippen LogP contribution in [0.5, 0.6) is 0 Å². The molecular weight excluding hydrogens is 278 g/mol. The second kappa shape index (κ2) is 5.99. The number of pyridine rings is 1. The highest BCUT2D eigenvalue weighted by molar-refractivity contribution is 5.80. The Balaban J connectivity index is 1.66. The SMILES string of the molecule is Cc1c[nH]c2ncc([C@H]3CC[C@@H](OC(=O)NC(C)C)C3)cc12. The molecule has 0 aliphatic heterocycles. The number of nitrogens with zero attached hydrogens (tertiary/aromatic N) is 1. The maximum atomic E-state index is 11.7. The van der Waals surface area contributed by atoms with Gasteiger partial charge in [-0.25, -0.2) is 9.78 Å². The number of aromatic amines is 1. The maximum absolute atomic E-state index is 11.7. The predicted molar refractivity (Wildman–Crippen MR) is 86.0 cm³/mol. The molecule has 0 saturated heterocycles. The molecule has 118 valence electrons. The van der Waals surface area contributed by atoms with Crippen LogP contribution in [0.25, 0.3) is 11.0 Å². The monoisotopic (exact) mass is 301 g/mol. The van der Waals surface area contributed by atoms with Crippen molar-refractivity contribution < 1.29 is 9.53 Å². The molecule has 2 N–H and O–H groups in total. The van der Waals surface area contributed by atoms with E-state index in [2.05, 4.69) is 28.3 Å². The summed E-state index contributed by atoms with van der Waals surface area (Å²) in [5.41, 5.74) is 3.39. The molecule has 1 aliphatic rings. The van der Waals surface area contributed by atoms with Gasteiger partial charge in [0.05, 0.1) is 0 Å². The van der Waals surface area contributed by atoms with Crippen molar-refractivity contribution in [3.63, 3.8) is 0 Å². The van der Waals surface area contributed by atoms with Crippen LogP contribution in [0, 0.1) is 6.92 Å². The Morgan fingerprint density at radius 2 is 2.27 bits per heavy atom. The number of ether oxygens (including phenoxy) is 1. The van der Waals surface area contributed by atoms with Crippen LogP contribution < -0.4 is 5.32 Å². The molecule has 0 spiro atoms. The third-order valence-electron chi connectivity index (χ3n) is 4.30. The number of alkyl carbamates (subject to hydrolysis) is 1. The molecule has 2 atom stereocenters. The number of carbonyl (C=O) groups is 1. The number of rotatable bonds is 3. The van der Waals surface area contributed by atoms with E-state index in [0.717, 1.165) is 24.9 Å². The van der Waals surface area contributed by atoms with E-state index < -0.39 is 0 Å². The lowest BCUT2D eigenvalue weighted by Gasteiger charge is -2.15. The molecule has 2 aromatic heterocycles. The summed E-state index contributed by atoms with van der Waals surface area (Å²) in [5.74, 6) is 0.419. The number of hydrogen-bond acceptors (Lipinski definition) is 3. The van der Waals surface area contributed by atoms with E-state index in [4.69, 9.17) is 4.74 Å². The third kappa shape index (κ3) is 3.08. The Morgan fingerprint density at radius 3 is 3.05 bits per heavy atom. The number of aryl methyl sites for hydroxylation is 1. The Morgan fingerprint density at radius 1 is 1.45 bits per heavy atom. The molecule has 0 bridgehead atoms. The van der Waals surface area contributed by atoms with Crippen molar-refractivity contribution in [2.45, 2.75) is 58.1 Å². The predicted octanol–water partition coefficient (Wildman–Crippen LogP) is 3.64. The van der Waals surface area contributed by atoms with Gasteiger partial charge in [-0.15, -0.1) is 0 Å². The van der Waals surface area contributed by atoms with Crippen molar-refractivity contribution in [1.82, 2.24) is 15.3 Å². The summed E-state index contributed by atoms with van der Waals surface area (Å²) in [6, 6.07) is 2.32. The number of carbonyl (C=O) groups excluding carboxylic acids is 1. The third-order valence-corrected chi connectivity index (χ3v) is 4.30. The Hall–Kier alpha value is -2.04. The van der Waals surface area contributed by atoms with Gasteiger partial charge < -0.3 is 15.0 Å². The van der Waals surface area contributed by atoms with Gasteiger partial charge in [0, 0.05) is 23.8 Å². The molecule has 1 amide bonds. The van der Waals surface area contributed by atoms with Crippen LogP contribution in [0.3, 0.4) is 0 Å². The van der Waals surface area contributed by atoms with Crippen LogP contribution in [0.1, 0.15) is 50.2 Å². The highest BCUT2D eigenvalue weighted by Gasteiger charge is 2.29. The normalized spacial score (nSPS) is 21.5. The molecule has 22 heavy (non-hydrogen) atoms. The van der Waals surface area contributed by atoms with E-state index in [1.165, 1.54) is 16.5 Å². The number of nitrogens with one attached hydrogen (secondary N) is 2. The molecule has 1 fully saturated rings. The molecule has 3 rings (SSSR count). The molecular formula is C17H23N3O2. The van der Waals surface area contributed by atoms with Gasteiger partial charge >= 0.3 is 6.09 Å². The fraction of sp³-hybridized carbons (Fsp3) is 0.529. The minimum Gasteiger partial charge on any atom is -0.446 e. The molecule has 5 nitrogen and oxygen atoms in total. The quantitative estimate of drug-likeness (QED) is 0.909. The summed E-state index contributed by atoms with van der Waals surface area (Å²) >= 11 is 0. The number of aromatic nitrogens is 2. The molecule has 0 unspecified atom stereocenters. The van der Waals surface area contributed by atoms with Gasteiger partial charge in [0.1, 0.15) is 11.8 Å². The second-order valence-corrected chi connectivity index (χ2v) is 6.47. The summed E-state index contributed by atoms with van der Waals surface area (Å²) < 4.78 is 5.49. The largest absolute Gasteiger partial charge is 0.446 e. The highest BCUT2D eigenvalue weighted by atomic mass is 16.6. The standard InChI is InChI=1S/C17H23N3O2/c1-10(2)20-17(21)22-14-5-4-12(6-14)13-7-15-11(3)8-18-16(15)19-9-13/h7-10,12,14H,4-6H2,1-3H3,(H,18,19)(H,20,21)/t12-,14+/m0/s1. The Labute approximate surface area is 130 Å². The van der Waals surface area contributed by atoms with E-state index in [9.17, 15) is 4.79 Å². The van der Waals surface area contributed by atoms with Crippen LogP contribution in [-0.4, -0.2) is 28.2 Å². The topological polar surface area (TPSA) is 67.0 Å². The summed E-state index contributed by atoms with van der Waals surface area (Å²) in [6.45, 7) is 5.94. The minimum absolute atomic E-state index is 0.00627. The first-order valence-corrected chi connectivity index (χ1v) is 7.93. The molecule has 2 aromatic rings. The number of hydrogen-bond donors (Lipinski definition) is 2. The van der Waals surface area contributed by atoms with Gasteiger partial charge in [0.15, 0.2) is 0 Å². The average molecular weight is 301 g/mol. The number of amides is 1. The van der Waals surface area contributed by atoms with E-state index in [-0.39, 0.29) is 18.2 Å². The van der Waals surface area contributed by atoms with Crippen LogP contribution in [0.4, 0.5) is 4.79 Å². The van der Waals surface area contributed by atoms with E-state index in [0.29, 0.717) is 5.92 Å². The Kier molecular flexibility index (Phi) is 4.05. The zero-order valence-corrected chi connectivity index (χ0v) is 13.3. The van der Waals surface area contributed by atoms with Gasteiger partial charge in [-0.1, -0.05) is 0 Å². The van der Waals surface area contributed by atoms with Crippen molar-refractivity contribution in [2.24, 2.45) is 0 Å². The van der Waals surface area contributed by atoms with E-state index in [1.807, 2.05) is 26.2 Å². The highest BCUT2D eigenvalue weighted by Crippen LogP contribution is 2.36. The summed E-state index contributed by atoms with van der Waals surface area (Å²) in [7, 11) is 0. The number of H-pyrrole nitrogens is 1. The molecule has 0 aromatic carbocycles. The second-order valence-electron chi connectivity index (χ2n) is 6.47. The smallest absolute Gasteiger partial charge is 0.407 e.